The number of hydrogen-bond donors (Lipinski definition) is 1. The third-order valence-corrected chi connectivity index (χ3v) is 5.37. The molecule has 1 N–H and O–H groups in total. The van der Waals surface area contributed by atoms with Gasteiger partial charge in [0.15, 0.2) is 0 Å². The molecule has 0 saturated carbocycles. The van der Waals surface area contributed by atoms with Gasteiger partial charge in [0, 0.05) is 34.4 Å². The zero-order valence-corrected chi connectivity index (χ0v) is 15.1. The molecule has 4 heterocycles. The number of nitrogens with zero attached hydrogens (tertiary/aromatic N) is 4. The molecule has 0 fully saturated rings. The summed E-state index contributed by atoms with van der Waals surface area (Å²) >= 11 is 3.25. The molecule has 124 valence electrons. The van der Waals surface area contributed by atoms with Crippen LogP contribution in [0.15, 0.2) is 59.7 Å². The zero-order valence-electron chi connectivity index (χ0n) is 13.5. The molecule has 5 nitrogen and oxygen atoms in total. The summed E-state index contributed by atoms with van der Waals surface area (Å²) in [6.07, 6.45) is 5.45. The van der Waals surface area contributed by atoms with Crippen LogP contribution in [0, 0.1) is 0 Å². The molecule has 0 aliphatic rings. The van der Waals surface area contributed by atoms with Crippen molar-refractivity contribution in [3.8, 4) is 21.1 Å². The van der Waals surface area contributed by atoms with Gasteiger partial charge in [-0.25, -0.2) is 15.0 Å². The topological polar surface area (TPSA) is 63.6 Å². The average Bonchev–Trinajstić information content (AvgIpc) is 3.36. The van der Waals surface area contributed by atoms with Crippen LogP contribution < -0.4 is 5.32 Å². The lowest BCUT2D eigenvalue weighted by atomic mass is 10.2. The minimum absolute atomic E-state index is 0.0120. The second kappa shape index (κ2) is 7.08. The first kappa shape index (κ1) is 15.9. The number of nitrogens with one attached hydrogen (secondary N) is 1. The Morgan fingerprint density at radius 2 is 1.92 bits per heavy atom. The van der Waals surface area contributed by atoms with Crippen molar-refractivity contribution < 1.29 is 0 Å². The van der Waals surface area contributed by atoms with E-state index in [1.165, 1.54) is 0 Å². The van der Waals surface area contributed by atoms with Crippen LogP contribution in [0.5, 0.6) is 0 Å². The molecule has 0 aliphatic carbocycles. The van der Waals surface area contributed by atoms with E-state index in [-0.39, 0.29) is 6.04 Å². The maximum Gasteiger partial charge on any atom is 0.223 e. The predicted molar refractivity (Wildman–Crippen MR) is 103 cm³/mol. The first-order valence-electron chi connectivity index (χ1n) is 7.79. The van der Waals surface area contributed by atoms with E-state index in [0.717, 1.165) is 26.8 Å². The van der Waals surface area contributed by atoms with Gasteiger partial charge in [-0.1, -0.05) is 12.1 Å². The van der Waals surface area contributed by atoms with Crippen molar-refractivity contribution in [1.29, 1.82) is 0 Å². The Kier molecular flexibility index (Phi) is 4.49. The van der Waals surface area contributed by atoms with Gasteiger partial charge >= 0.3 is 0 Å². The van der Waals surface area contributed by atoms with Crippen molar-refractivity contribution in [2.45, 2.75) is 13.0 Å². The number of hydrogen-bond acceptors (Lipinski definition) is 7. The monoisotopic (exact) mass is 365 g/mol. The molecule has 0 saturated heterocycles. The summed E-state index contributed by atoms with van der Waals surface area (Å²) in [5.41, 5.74) is 2.80. The van der Waals surface area contributed by atoms with Gasteiger partial charge in [-0.3, -0.25) is 4.98 Å². The SMILES string of the molecule is CC(Nc1ncc(-c2cccs2)c(-c2nccs2)n1)c1ccccn1. The Labute approximate surface area is 153 Å². The number of aromatic nitrogens is 4. The fourth-order valence-corrected chi connectivity index (χ4v) is 3.84. The lowest BCUT2D eigenvalue weighted by Gasteiger charge is -2.14. The highest BCUT2D eigenvalue weighted by molar-refractivity contribution is 7.14. The summed E-state index contributed by atoms with van der Waals surface area (Å²) in [6, 6.07) is 9.98. The summed E-state index contributed by atoms with van der Waals surface area (Å²) in [7, 11) is 0. The lowest BCUT2D eigenvalue weighted by molar-refractivity contribution is 0.822. The molecule has 25 heavy (non-hydrogen) atoms. The second-order valence-corrected chi connectivity index (χ2v) is 7.23. The van der Waals surface area contributed by atoms with Crippen LogP contribution >= 0.6 is 22.7 Å². The molecule has 0 aromatic carbocycles. The van der Waals surface area contributed by atoms with Gasteiger partial charge < -0.3 is 5.32 Å². The van der Waals surface area contributed by atoms with Crippen LogP contribution in [0.4, 0.5) is 5.95 Å². The molecule has 0 aliphatic heterocycles. The normalized spacial score (nSPS) is 12.0. The molecular weight excluding hydrogens is 350 g/mol. The lowest BCUT2D eigenvalue weighted by Crippen LogP contribution is -2.11. The number of thiophene rings is 1. The summed E-state index contributed by atoms with van der Waals surface area (Å²) in [4.78, 5) is 19.2. The minimum atomic E-state index is 0.0120. The van der Waals surface area contributed by atoms with Crippen molar-refractivity contribution in [1.82, 2.24) is 19.9 Å². The molecule has 0 radical (unpaired) electrons. The fraction of sp³-hybridized carbons (Fsp3) is 0.111. The summed E-state index contributed by atoms with van der Waals surface area (Å²) < 4.78 is 0. The van der Waals surface area contributed by atoms with Crippen LogP contribution in [0.1, 0.15) is 18.7 Å². The Morgan fingerprint density at radius 1 is 0.960 bits per heavy atom. The Bertz CT molecular complexity index is 937. The minimum Gasteiger partial charge on any atom is -0.346 e. The highest BCUT2D eigenvalue weighted by Crippen LogP contribution is 2.34. The molecule has 4 aromatic heterocycles. The smallest absolute Gasteiger partial charge is 0.223 e. The van der Waals surface area contributed by atoms with Crippen LogP contribution in [-0.4, -0.2) is 19.9 Å². The van der Waals surface area contributed by atoms with Gasteiger partial charge in [-0.15, -0.1) is 22.7 Å². The third kappa shape index (κ3) is 3.42. The quantitative estimate of drug-likeness (QED) is 0.545. The standard InChI is InChI=1S/C18H15N5S2/c1-12(14-5-2-3-7-19-14)22-18-21-11-13(15-6-4-9-24-15)16(23-18)17-20-8-10-25-17/h2-12H,1H3,(H,21,22,23). The van der Waals surface area contributed by atoms with Gasteiger partial charge in [0.1, 0.15) is 10.7 Å². The highest BCUT2D eigenvalue weighted by atomic mass is 32.1. The van der Waals surface area contributed by atoms with E-state index in [0.29, 0.717) is 5.95 Å². The number of anilines is 1. The van der Waals surface area contributed by atoms with Gasteiger partial charge in [0.05, 0.1) is 11.7 Å². The summed E-state index contributed by atoms with van der Waals surface area (Å²) in [6.45, 7) is 2.04. The molecule has 1 unspecified atom stereocenters. The second-order valence-electron chi connectivity index (χ2n) is 5.39. The van der Waals surface area contributed by atoms with E-state index in [4.69, 9.17) is 4.98 Å². The number of pyridine rings is 1. The third-order valence-electron chi connectivity index (χ3n) is 3.69. The molecule has 4 rings (SSSR count). The average molecular weight is 365 g/mol. The van der Waals surface area contributed by atoms with Gasteiger partial charge in [0.25, 0.3) is 0 Å². The Hall–Kier alpha value is -2.64. The van der Waals surface area contributed by atoms with E-state index in [9.17, 15) is 0 Å². The molecule has 0 amide bonds. The Balaban J connectivity index is 1.70. The van der Waals surface area contributed by atoms with Crippen molar-refractivity contribution in [2.75, 3.05) is 5.32 Å². The van der Waals surface area contributed by atoms with Crippen LogP contribution in [0.25, 0.3) is 21.1 Å². The maximum atomic E-state index is 4.74. The predicted octanol–water partition coefficient (Wildman–Crippen LogP) is 4.90. The highest BCUT2D eigenvalue weighted by Gasteiger charge is 2.16. The molecule has 0 spiro atoms. The Morgan fingerprint density at radius 3 is 2.64 bits per heavy atom. The van der Waals surface area contributed by atoms with Crippen molar-refractivity contribution in [3.05, 3.63) is 65.4 Å². The van der Waals surface area contributed by atoms with E-state index >= 15 is 0 Å². The van der Waals surface area contributed by atoms with Gasteiger partial charge in [-0.05, 0) is 30.5 Å². The summed E-state index contributed by atoms with van der Waals surface area (Å²) in [5, 5.41) is 8.23. The zero-order chi connectivity index (χ0) is 17.1. The molecular formula is C18H15N5S2. The maximum absolute atomic E-state index is 4.74. The van der Waals surface area contributed by atoms with E-state index in [1.54, 1.807) is 35.1 Å². The van der Waals surface area contributed by atoms with E-state index in [2.05, 4.69) is 31.7 Å². The number of rotatable bonds is 5. The van der Waals surface area contributed by atoms with Crippen LogP contribution in [0.3, 0.4) is 0 Å². The van der Waals surface area contributed by atoms with Crippen molar-refractivity contribution >= 4 is 28.6 Å². The first-order valence-corrected chi connectivity index (χ1v) is 9.55. The van der Waals surface area contributed by atoms with Crippen LogP contribution in [0.2, 0.25) is 0 Å². The summed E-state index contributed by atoms with van der Waals surface area (Å²) in [5.74, 6) is 0.573. The molecule has 4 aromatic rings. The molecule has 1 atom stereocenters. The van der Waals surface area contributed by atoms with E-state index in [1.807, 2.05) is 42.8 Å². The molecule has 7 heteroatoms. The fourth-order valence-electron chi connectivity index (χ4n) is 2.47. The number of thiazole rings is 1. The molecule has 0 bridgehead atoms. The van der Waals surface area contributed by atoms with Crippen molar-refractivity contribution in [2.24, 2.45) is 0 Å². The van der Waals surface area contributed by atoms with Crippen LogP contribution in [-0.2, 0) is 0 Å². The van der Waals surface area contributed by atoms with E-state index < -0.39 is 0 Å². The van der Waals surface area contributed by atoms with Gasteiger partial charge in [0.2, 0.25) is 5.95 Å². The van der Waals surface area contributed by atoms with Gasteiger partial charge in [-0.2, -0.15) is 0 Å². The first-order chi connectivity index (χ1) is 12.3. The van der Waals surface area contributed by atoms with Crippen molar-refractivity contribution in [3.63, 3.8) is 0 Å². The largest absolute Gasteiger partial charge is 0.346 e.